The topological polar surface area (TPSA) is 59.0 Å². The average molecular weight is 279 g/mol. The van der Waals surface area contributed by atoms with Gasteiger partial charge < -0.3 is 14.6 Å². The highest BCUT2D eigenvalue weighted by molar-refractivity contribution is 5.70. The number of hydrogen-bond acceptors (Lipinski definition) is 4. The molecule has 5 nitrogen and oxygen atoms in total. The molecule has 2 rings (SSSR count). The van der Waals surface area contributed by atoms with Crippen LogP contribution in [0.5, 0.6) is 11.5 Å². The number of methoxy groups -OCH3 is 2. The molecular formula is C15H21NO4. The van der Waals surface area contributed by atoms with E-state index in [-0.39, 0.29) is 5.92 Å². The van der Waals surface area contributed by atoms with E-state index in [0.717, 1.165) is 31.5 Å². The van der Waals surface area contributed by atoms with Crippen LogP contribution in [0, 0.1) is 5.92 Å². The van der Waals surface area contributed by atoms with Crippen LogP contribution in [0.25, 0.3) is 0 Å². The Kier molecular flexibility index (Phi) is 4.84. The summed E-state index contributed by atoms with van der Waals surface area (Å²) in [4.78, 5) is 13.3. The van der Waals surface area contributed by atoms with E-state index < -0.39 is 5.97 Å². The summed E-state index contributed by atoms with van der Waals surface area (Å²) in [7, 11) is 3.22. The van der Waals surface area contributed by atoms with Crippen LogP contribution in [0.1, 0.15) is 18.4 Å². The summed E-state index contributed by atoms with van der Waals surface area (Å²) >= 11 is 0. The molecule has 110 valence electrons. The molecule has 0 spiro atoms. The van der Waals surface area contributed by atoms with E-state index in [0.29, 0.717) is 18.0 Å². The summed E-state index contributed by atoms with van der Waals surface area (Å²) in [5, 5.41) is 9.11. The van der Waals surface area contributed by atoms with E-state index in [2.05, 4.69) is 4.90 Å². The van der Waals surface area contributed by atoms with E-state index in [1.54, 1.807) is 14.2 Å². The molecule has 0 bridgehead atoms. The van der Waals surface area contributed by atoms with Gasteiger partial charge in [0.25, 0.3) is 0 Å². The second-order valence-electron chi connectivity index (χ2n) is 5.10. The van der Waals surface area contributed by atoms with Crippen molar-refractivity contribution in [1.29, 1.82) is 0 Å². The van der Waals surface area contributed by atoms with Crippen molar-refractivity contribution in [3.8, 4) is 11.5 Å². The van der Waals surface area contributed by atoms with Gasteiger partial charge in [-0.2, -0.15) is 0 Å². The van der Waals surface area contributed by atoms with Crippen LogP contribution in [0.3, 0.4) is 0 Å². The number of likely N-dealkylation sites (tertiary alicyclic amines) is 1. The Morgan fingerprint density at radius 1 is 1.35 bits per heavy atom. The first-order chi connectivity index (χ1) is 9.63. The molecular weight excluding hydrogens is 258 g/mol. The minimum Gasteiger partial charge on any atom is -0.493 e. The molecule has 1 aromatic carbocycles. The Bertz CT molecular complexity index is 475. The van der Waals surface area contributed by atoms with Gasteiger partial charge in [0.05, 0.1) is 20.1 Å². The summed E-state index contributed by atoms with van der Waals surface area (Å²) < 4.78 is 10.5. The van der Waals surface area contributed by atoms with Crippen molar-refractivity contribution < 1.29 is 19.4 Å². The van der Waals surface area contributed by atoms with E-state index >= 15 is 0 Å². The van der Waals surface area contributed by atoms with Gasteiger partial charge in [-0.1, -0.05) is 6.07 Å². The van der Waals surface area contributed by atoms with Crippen LogP contribution >= 0.6 is 0 Å². The van der Waals surface area contributed by atoms with Crippen molar-refractivity contribution in [1.82, 2.24) is 4.90 Å². The van der Waals surface area contributed by atoms with Crippen LogP contribution in [0.2, 0.25) is 0 Å². The maximum Gasteiger partial charge on any atom is 0.307 e. The van der Waals surface area contributed by atoms with E-state index in [1.807, 2.05) is 18.2 Å². The Morgan fingerprint density at radius 2 is 2.10 bits per heavy atom. The van der Waals surface area contributed by atoms with E-state index in [9.17, 15) is 4.79 Å². The number of piperidine rings is 1. The molecule has 0 aromatic heterocycles. The first-order valence-corrected chi connectivity index (χ1v) is 6.80. The molecule has 0 amide bonds. The highest BCUT2D eigenvalue weighted by Gasteiger charge is 2.25. The average Bonchev–Trinajstić information content (AvgIpc) is 2.47. The van der Waals surface area contributed by atoms with Gasteiger partial charge in [0.1, 0.15) is 0 Å². The predicted molar refractivity (Wildman–Crippen MR) is 75.2 cm³/mol. The number of carboxylic acids is 1. The molecule has 0 saturated carbocycles. The number of nitrogens with zero attached hydrogens (tertiary/aromatic N) is 1. The van der Waals surface area contributed by atoms with Crippen LogP contribution in [0.4, 0.5) is 0 Å². The fraction of sp³-hybridized carbons (Fsp3) is 0.533. The number of carboxylic acid groups (broad SMARTS) is 1. The summed E-state index contributed by atoms with van der Waals surface area (Å²) in [6.07, 6.45) is 1.71. The zero-order chi connectivity index (χ0) is 14.5. The second-order valence-corrected chi connectivity index (χ2v) is 5.10. The zero-order valence-electron chi connectivity index (χ0n) is 12.0. The summed E-state index contributed by atoms with van der Waals surface area (Å²) in [5.74, 6) is 0.473. The molecule has 20 heavy (non-hydrogen) atoms. The predicted octanol–water partition coefficient (Wildman–Crippen LogP) is 2.00. The third-order valence-electron chi connectivity index (χ3n) is 3.71. The molecule has 0 aliphatic carbocycles. The van der Waals surface area contributed by atoms with Crippen LogP contribution < -0.4 is 9.47 Å². The molecule has 1 atom stereocenters. The molecule has 1 N–H and O–H groups in total. The van der Waals surface area contributed by atoms with Gasteiger partial charge >= 0.3 is 5.97 Å². The Hall–Kier alpha value is -1.75. The Balaban J connectivity index is 2.04. The lowest BCUT2D eigenvalue weighted by Crippen LogP contribution is -2.38. The van der Waals surface area contributed by atoms with Crippen molar-refractivity contribution in [3.63, 3.8) is 0 Å². The van der Waals surface area contributed by atoms with Gasteiger partial charge in [0.15, 0.2) is 11.5 Å². The van der Waals surface area contributed by atoms with E-state index in [4.69, 9.17) is 14.6 Å². The summed E-state index contributed by atoms with van der Waals surface area (Å²) in [5.41, 5.74) is 1.11. The van der Waals surface area contributed by atoms with Gasteiger partial charge in [-0.3, -0.25) is 9.69 Å². The van der Waals surface area contributed by atoms with Crippen molar-refractivity contribution in [2.75, 3.05) is 27.3 Å². The quantitative estimate of drug-likeness (QED) is 0.893. The van der Waals surface area contributed by atoms with Gasteiger partial charge in [-0.05, 0) is 37.1 Å². The normalized spacial score (nSPS) is 19.6. The monoisotopic (exact) mass is 279 g/mol. The lowest BCUT2D eigenvalue weighted by molar-refractivity contribution is -0.143. The summed E-state index contributed by atoms with van der Waals surface area (Å²) in [6, 6.07) is 5.82. The molecule has 1 aliphatic rings. The van der Waals surface area contributed by atoms with Crippen molar-refractivity contribution >= 4 is 5.97 Å². The van der Waals surface area contributed by atoms with Gasteiger partial charge in [0, 0.05) is 13.1 Å². The SMILES string of the molecule is COc1ccc(CN2CCC[C@@H](C(=O)O)C2)cc1OC. The third kappa shape index (κ3) is 3.42. The second kappa shape index (κ2) is 6.61. The van der Waals surface area contributed by atoms with Gasteiger partial charge in [0.2, 0.25) is 0 Å². The highest BCUT2D eigenvalue weighted by Crippen LogP contribution is 2.28. The van der Waals surface area contributed by atoms with Crippen molar-refractivity contribution in [3.05, 3.63) is 23.8 Å². The first kappa shape index (κ1) is 14.7. The van der Waals surface area contributed by atoms with Crippen LogP contribution in [0.15, 0.2) is 18.2 Å². The number of carbonyl (C=O) groups is 1. The maximum atomic E-state index is 11.1. The minimum atomic E-state index is -0.693. The first-order valence-electron chi connectivity index (χ1n) is 6.80. The molecule has 1 fully saturated rings. The van der Waals surface area contributed by atoms with Gasteiger partial charge in [-0.15, -0.1) is 0 Å². The lowest BCUT2D eigenvalue weighted by atomic mass is 9.98. The molecule has 1 aliphatic heterocycles. The fourth-order valence-electron chi connectivity index (χ4n) is 2.64. The molecule has 1 aromatic rings. The fourth-order valence-corrected chi connectivity index (χ4v) is 2.64. The number of rotatable bonds is 5. The molecule has 5 heteroatoms. The molecule has 1 saturated heterocycles. The molecule has 0 radical (unpaired) electrons. The summed E-state index contributed by atoms with van der Waals surface area (Å²) in [6.45, 7) is 2.30. The number of ether oxygens (including phenoxy) is 2. The maximum absolute atomic E-state index is 11.1. The van der Waals surface area contributed by atoms with Crippen molar-refractivity contribution in [2.45, 2.75) is 19.4 Å². The smallest absolute Gasteiger partial charge is 0.307 e. The number of aliphatic carboxylic acids is 1. The highest BCUT2D eigenvalue weighted by atomic mass is 16.5. The number of benzene rings is 1. The van der Waals surface area contributed by atoms with Crippen molar-refractivity contribution in [2.24, 2.45) is 5.92 Å². The minimum absolute atomic E-state index is 0.246. The number of hydrogen-bond donors (Lipinski definition) is 1. The van der Waals surface area contributed by atoms with Crippen LogP contribution in [-0.4, -0.2) is 43.3 Å². The molecule has 0 unspecified atom stereocenters. The lowest BCUT2D eigenvalue weighted by Gasteiger charge is -2.30. The standard InChI is InChI=1S/C15H21NO4/c1-19-13-6-5-11(8-14(13)20-2)9-16-7-3-4-12(10-16)15(17)18/h5-6,8,12H,3-4,7,9-10H2,1-2H3,(H,17,18)/t12-/m1/s1. The zero-order valence-corrected chi connectivity index (χ0v) is 12.0. The molecule has 1 heterocycles. The van der Waals surface area contributed by atoms with E-state index in [1.165, 1.54) is 0 Å². The van der Waals surface area contributed by atoms with Crippen LogP contribution in [-0.2, 0) is 11.3 Å². The van der Waals surface area contributed by atoms with Gasteiger partial charge in [-0.25, -0.2) is 0 Å². The Morgan fingerprint density at radius 3 is 2.75 bits per heavy atom. The largest absolute Gasteiger partial charge is 0.493 e. The third-order valence-corrected chi connectivity index (χ3v) is 3.71. The Labute approximate surface area is 119 Å².